The van der Waals surface area contributed by atoms with Crippen LogP contribution in [0.4, 0.5) is 5.69 Å². The molecule has 2 aromatic rings. The number of hydrogen-bond acceptors (Lipinski definition) is 4. The molecule has 3 aliphatic carbocycles. The minimum atomic E-state index is 0.0720. The molecule has 0 spiro atoms. The molecule has 3 saturated carbocycles. The van der Waals surface area contributed by atoms with Crippen molar-refractivity contribution in [3.8, 4) is 5.75 Å². The molecule has 7 rings (SSSR count). The number of amides is 1. The molecule has 2 N–H and O–H groups in total. The van der Waals surface area contributed by atoms with Gasteiger partial charge in [0.05, 0.1) is 13.2 Å². The van der Waals surface area contributed by atoms with E-state index < -0.39 is 0 Å². The van der Waals surface area contributed by atoms with E-state index in [0.717, 1.165) is 67.4 Å². The third kappa shape index (κ3) is 5.09. The van der Waals surface area contributed by atoms with Crippen molar-refractivity contribution < 1.29 is 9.53 Å². The molecule has 2 aromatic carbocycles. The van der Waals surface area contributed by atoms with Gasteiger partial charge in [-0.2, -0.15) is 0 Å². The van der Waals surface area contributed by atoms with Gasteiger partial charge in [0, 0.05) is 50.0 Å². The van der Waals surface area contributed by atoms with E-state index in [2.05, 4.69) is 55.4 Å². The lowest BCUT2D eigenvalue weighted by atomic mass is 9.45. The molecule has 7 nitrogen and oxygen atoms in total. The fraction of sp³-hybridized carbons (Fsp3) is 0.576. The predicted molar refractivity (Wildman–Crippen MR) is 161 cm³/mol. The van der Waals surface area contributed by atoms with E-state index in [1.807, 2.05) is 35.2 Å². The molecule has 2 aliphatic heterocycles. The molecule has 40 heavy (non-hydrogen) atoms. The summed E-state index contributed by atoms with van der Waals surface area (Å²) < 4.78 is 5.40. The van der Waals surface area contributed by atoms with Gasteiger partial charge in [-0.3, -0.25) is 4.79 Å². The summed E-state index contributed by atoms with van der Waals surface area (Å²) in [5.41, 5.74) is 4.61. The van der Waals surface area contributed by atoms with Gasteiger partial charge in [0.2, 0.25) is 0 Å². The topological polar surface area (TPSA) is 69.2 Å². The highest BCUT2D eigenvalue weighted by Gasteiger charge is 2.56. The number of aliphatic imine (C=N–C) groups is 1. The lowest BCUT2D eigenvalue weighted by Gasteiger charge is -2.61. The van der Waals surface area contributed by atoms with E-state index >= 15 is 0 Å². The van der Waals surface area contributed by atoms with Gasteiger partial charge in [-0.15, -0.1) is 0 Å². The van der Waals surface area contributed by atoms with Gasteiger partial charge in [0.25, 0.3) is 5.91 Å². The van der Waals surface area contributed by atoms with Crippen LogP contribution in [-0.4, -0.2) is 67.0 Å². The predicted octanol–water partition coefficient (Wildman–Crippen LogP) is 5.03. The first-order chi connectivity index (χ1) is 19.2. The zero-order chi connectivity index (χ0) is 28.0. The first-order valence-corrected chi connectivity index (χ1v) is 15.1. The lowest BCUT2D eigenvalue weighted by Crippen LogP contribution is -2.57. The van der Waals surface area contributed by atoms with Crippen molar-refractivity contribution in [2.45, 2.75) is 65.6 Å². The van der Waals surface area contributed by atoms with Crippen LogP contribution >= 0.6 is 0 Å². The molecule has 7 heteroatoms. The average molecular weight is 544 g/mol. The Hall–Kier alpha value is -3.06. The van der Waals surface area contributed by atoms with Crippen LogP contribution in [0.15, 0.2) is 47.5 Å². The normalized spacial score (nSPS) is 29.3. The highest BCUT2D eigenvalue weighted by atomic mass is 16.5. The van der Waals surface area contributed by atoms with E-state index in [-0.39, 0.29) is 5.91 Å². The largest absolute Gasteiger partial charge is 0.497 e. The third-order valence-corrected chi connectivity index (χ3v) is 10.4. The van der Waals surface area contributed by atoms with Crippen molar-refractivity contribution >= 4 is 17.6 Å². The summed E-state index contributed by atoms with van der Waals surface area (Å²) >= 11 is 0. The zero-order valence-corrected chi connectivity index (χ0v) is 24.7. The van der Waals surface area contributed by atoms with Crippen molar-refractivity contribution in [2.75, 3.05) is 38.6 Å². The summed E-state index contributed by atoms with van der Waals surface area (Å²) in [5, 5.41) is 7.23. The van der Waals surface area contributed by atoms with E-state index in [4.69, 9.17) is 9.73 Å². The number of methoxy groups -OCH3 is 1. The molecule has 1 amide bonds. The number of rotatable bonds is 4. The molecule has 2 heterocycles. The van der Waals surface area contributed by atoms with Crippen molar-refractivity contribution in [3.05, 3.63) is 59.2 Å². The summed E-state index contributed by atoms with van der Waals surface area (Å²) in [6, 6.07) is 14.9. The number of carbonyl (C=O) groups excluding carboxylic acids is 1. The Morgan fingerprint density at radius 2 is 1.85 bits per heavy atom. The van der Waals surface area contributed by atoms with Crippen LogP contribution in [0.1, 0.15) is 62.0 Å². The number of carbonyl (C=O) groups is 1. The first kappa shape index (κ1) is 27.1. The number of anilines is 1. The van der Waals surface area contributed by atoms with Crippen LogP contribution in [0, 0.1) is 23.2 Å². The quantitative estimate of drug-likeness (QED) is 0.418. The summed E-state index contributed by atoms with van der Waals surface area (Å²) in [7, 11) is 1.68. The van der Waals surface area contributed by atoms with Gasteiger partial charge in [0.1, 0.15) is 5.75 Å². The van der Waals surface area contributed by atoms with Crippen molar-refractivity contribution in [2.24, 2.45) is 28.2 Å². The zero-order valence-electron chi connectivity index (χ0n) is 24.7. The summed E-state index contributed by atoms with van der Waals surface area (Å²) in [5.74, 6) is 4.01. The fourth-order valence-electron chi connectivity index (χ4n) is 7.61. The number of fused-ring (bicyclic) bond motifs is 3. The van der Waals surface area contributed by atoms with E-state index in [1.54, 1.807) is 7.11 Å². The number of nitrogens with zero attached hydrogens (tertiary/aromatic N) is 3. The van der Waals surface area contributed by atoms with E-state index in [1.165, 1.54) is 24.0 Å². The molecule has 0 radical (unpaired) electrons. The smallest absolute Gasteiger partial charge is 0.254 e. The molecular weight excluding hydrogens is 498 g/mol. The lowest BCUT2D eigenvalue weighted by molar-refractivity contribution is -0.108. The molecule has 214 valence electrons. The fourth-order valence-corrected chi connectivity index (χ4v) is 7.61. The molecule has 5 atom stereocenters. The average Bonchev–Trinajstić information content (AvgIpc) is 2.96. The van der Waals surface area contributed by atoms with Gasteiger partial charge in [-0.25, -0.2) is 4.99 Å². The van der Waals surface area contributed by atoms with Gasteiger partial charge < -0.3 is 25.2 Å². The van der Waals surface area contributed by atoms with Gasteiger partial charge in [0.15, 0.2) is 5.96 Å². The molecule has 0 aromatic heterocycles. The first-order valence-electron chi connectivity index (χ1n) is 15.1. The number of hydrogen-bond donors (Lipinski definition) is 2. The number of nitrogens with one attached hydrogen (secondary N) is 2. The number of ether oxygens (including phenoxy) is 1. The Morgan fingerprint density at radius 3 is 2.55 bits per heavy atom. The molecule has 2 bridgehead atoms. The van der Waals surface area contributed by atoms with Gasteiger partial charge in [-0.1, -0.05) is 26.8 Å². The Morgan fingerprint density at radius 1 is 1.05 bits per heavy atom. The van der Waals surface area contributed by atoms with E-state index in [0.29, 0.717) is 30.0 Å². The molecule has 5 aliphatic rings. The highest BCUT2D eigenvalue weighted by Crippen LogP contribution is 2.61. The van der Waals surface area contributed by atoms with Crippen molar-refractivity contribution in [1.29, 1.82) is 0 Å². The minimum absolute atomic E-state index is 0.0720. The van der Waals surface area contributed by atoms with E-state index in [9.17, 15) is 4.79 Å². The highest BCUT2D eigenvalue weighted by molar-refractivity contribution is 5.97. The Bertz CT molecular complexity index is 1270. The molecule has 4 fully saturated rings. The molecule has 1 saturated heterocycles. The van der Waals surface area contributed by atoms with Crippen LogP contribution < -0.4 is 15.4 Å². The summed E-state index contributed by atoms with van der Waals surface area (Å²) in [6.07, 6.45) is 3.40. The SMILES string of the molecule is COc1ccc2c(c1)CN(C(=O)c1ccc(NC(=N[C@H]3C[C@H]4C[C@@H]([C@@H]3C)C4(C)C)N3CCN[C@@H](C)C3)cc1)CC2. The Balaban J connectivity index is 1.17. The van der Waals surface area contributed by atoms with Crippen LogP contribution in [0.25, 0.3) is 0 Å². The third-order valence-electron chi connectivity index (χ3n) is 10.4. The van der Waals surface area contributed by atoms with Gasteiger partial charge >= 0.3 is 0 Å². The number of benzene rings is 2. The van der Waals surface area contributed by atoms with Crippen molar-refractivity contribution in [1.82, 2.24) is 15.1 Å². The van der Waals surface area contributed by atoms with Crippen LogP contribution in [0.5, 0.6) is 5.75 Å². The number of guanidine groups is 1. The monoisotopic (exact) mass is 543 g/mol. The standard InChI is InChI=1S/C33H45N5O2/c1-21-19-38(15-13-34-21)32(36-30-18-26-17-29(22(30)2)33(26,3)4)35-27-9-6-24(7-10-27)31(39)37-14-12-23-8-11-28(40-5)16-25(23)20-37/h6-11,16,21-22,26,29-30,34H,12-15,17-20H2,1-5H3,(H,35,36)/t21-,22-,26+,29-,30-/m0/s1. The molecular formula is C33H45N5O2. The Kier molecular flexibility index (Phi) is 7.28. The van der Waals surface area contributed by atoms with Crippen LogP contribution in [-0.2, 0) is 13.0 Å². The molecule has 0 unspecified atom stereocenters. The second-order valence-corrected chi connectivity index (χ2v) is 13.1. The van der Waals surface area contributed by atoms with Crippen LogP contribution in [0.3, 0.4) is 0 Å². The number of piperazine rings is 1. The maximum atomic E-state index is 13.4. The Labute approximate surface area is 239 Å². The second kappa shape index (κ2) is 10.7. The van der Waals surface area contributed by atoms with Gasteiger partial charge in [-0.05, 0) is 96.9 Å². The minimum Gasteiger partial charge on any atom is -0.497 e. The summed E-state index contributed by atoms with van der Waals surface area (Å²) in [6.45, 7) is 13.7. The maximum absolute atomic E-state index is 13.4. The van der Waals surface area contributed by atoms with Crippen LogP contribution in [0.2, 0.25) is 0 Å². The second-order valence-electron chi connectivity index (χ2n) is 13.1. The summed E-state index contributed by atoms with van der Waals surface area (Å²) in [4.78, 5) is 23.1. The van der Waals surface area contributed by atoms with Crippen molar-refractivity contribution in [3.63, 3.8) is 0 Å². The maximum Gasteiger partial charge on any atom is 0.254 e.